The van der Waals surface area contributed by atoms with Crippen LogP contribution in [0, 0.1) is 0 Å². The number of quaternary nitrogens is 1. The summed E-state index contributed by atoms with van der Waals surface area (Å²) in [6.07, 6.45) is 20.0. The number of likely N-dealkylation sites (N-methyl/N-ethyl adjacent to an activating group) is 1. The second kappa shape index (κ2) is 20.2. The van der Waals surface area contributed by atoms with Crippen LogP contribution in [0.25, 0.3) is 0 Å². The summed E-state index contributed by atoms with van der Waals surface area (Å²) in [5.74, 6) is 0. The van der Waals surface area contributed by atoms with Gasteiger partial charge < -0.3 is 15.1 Å². The molecule has 3 nitrogen and oxygen atoms in total. The lowest BCUT2D eigenvalue weighted by molar-refractivity contribution is -0.925. The average molecular weight is 360 g/mol. The summed E-state index contributed by atoms with van der Waals surface area (Å²) in [5.41, 5.74) is 0. The van der Waals surface area contributed by atoms with E-state index in [1.54, 1.807) is 0 Å². The first-order chi connectivity index (χ1) is 11.7. The Morgan fingerprint density at radius 1 is 0.520 bits per heavy atom. The number of rotatable bonds is 19. The lowest BCUT2D eigenvalue weighted by atomic mass is 10.0. The van der Waals surface area contributed by atoms with E-state index in [1.165, 1.54) is 96.4 Å². The predicted molar refractivity (Wildman–Crippen MR) is 110 cm³/mol. The molecule has 0 unspecified atom stereocenters. The van der Waals surface area contributed by atoms with Gasteiger partial charge in [-0.2, -0.15) is 0 Å². The lowest BCUT2D eigenvalue weighted by Crippen LogP contribution is -2.50. The van der Waals surface area contributed by atoms with Crippen LogP contribution in [-0.2, 0) is 0 Å². The normalized spacial score (nSPS) is 11.5. The van der Waals surface area contributed by atoms with Crippen LogP contribution in [0.5, 0.6) is 0 Å². The van der Waals surface area contributed by atoms with Gasteiger partial charge in [0.05, 0.1) is 26.2 Å². The van der Waals surface area contributed by atoms with Crippen molar-refractivity contribution < 1.29 is 15.1 Å². The summed E-state index contributed by atoms with van der Waals surface area (Å²) < 4.78 is 1.11. The topological polar surface area (TPSA) is 50.2 Å². The molecule has 0 atom stereocenters. The van der Waals surface area contributed by atoms with Gasteiger partial charge in [-0.15, -0.1) is 0 Å². The Labute approximate surface area is 159 Å². The molecule has 0 aromatic rings. The van der Waals surface area contributed by atoms with Crippen LogP contribution in [-0.4, -0.2) is 47.9 Å². The van der Waals surface area contributed by atoms with Gasteiger partial charge in [-0.05, 0) is 26.7 Å². The zero-order valence-corrected chi connectivity index (χ0v) is 17.8. The number of hydrogen-bond acceptors (Lipinski definition) is 2. The Balaban J connectivity index is 0. The molecule has 0 rings (SSSR count). The number of nitrogens with zero attached hydrogens (tertiary/aromatic N) is 1. The molecule has 0 heterocycles. The van der Waals surface area contributed by atoms with E-state index in [4.69, 9.17) is 0 Å². The van der Waals surface area contributed by atoms with Crippen LogP contribution in [0.15, 0.2) is 0 Å². The Bertz CT molecular complexity index is 242. The standard InChI is InChI=1S/C22H48NO.H2O/c1-4-7-8-9-10-11-12-13-14-15-16-17-18-19-20-23(5-2,6-3)21-22-24;/h24H,4-22H2,1-3H3;1H2/q+1;/p-1. The van der Waals surface area contributed by atoms with Gasteiger partial charge in [0.2, 0.25) is 0 Å². The van der Waals surface area contributed by atoms with Crippen molar-refractivity contribution >= 4 is 0 Å². The van der Waals surface area contributed by atoms with Crippen molar-refractivity contribution in [1.29, 1.82) is 0 Å². The second-order valence-corrected chi connectivity index (χ2v) is 7.74. The van der Waals surface area contributed by atoms with Crippen LogP contribution in [0.4, 0.5) is 0 Å². The van der Waals surface area contributed by atoms with Gasteiger partial charge in [0, 0.05) is 0 Å². The predicted octanol–water partition coefficient (Wildman–Crippen LogP) is 6.14. The molecule has 0 aromatic heterocycles. The molecule has 0 bridgehead atoms. The van der Waals surface area contributed by atoms with Gasteiger partial charge in [0.15, 0.2) is 0 Å². The molecule has 0 aliphatic heterocycles. The van der Waals surface area contributed by atoms with E-state index in [0.29, 0.717) is 6.61 Å². The van der Waals surface area contributed by atoms with Crippen molar-refractivity contribution in [2.75, 3.05) is 32.8 Å². The minimum atomic E-state index is 0. The summed E-state index contributed by atoms with van der Waals surface area (Å²) >= 11 is 0. The summed E-state index contributed by atoms with van der Waals surface area (Å²) in [6, 6.07) is 0. The summed E-state index contributed by atoms with van der Waals surface area (Å²) in [4.78, 5) is 0. The first kappa shape index (κ1) is 27.1. The van der Waals surface area contributed by atoms with Crippen LogP contribution in [0.3, 0.4) is 0 Å². The van der Waals surface area contributed by atoms with E-state index in [1.807, 2.05) is 0 Å². The fraction of sp³-hybridized carbons (Fsp3) is 1.00. The van der Waals surface area contributed by atoms with Crippen molar-refractivity contribution in [3.05, 3.63) is 0 Å². The van der Waals surface area contributed by atoms with E-state index in [9.17, 15) is 5.11 Å². The highest BCUT2D eigenvalue weighted by Crippen LogP contribution is 2.14. The zero-order valence-electron chi connectivity index (χ0n) is 17.8. The minimum Gasteiger partial charge on any atom is -0.870 e. The zero-order chi connectivity index (χ0) is 17.9. The van der Waals surface area contributed by atoms with Crippen molar-refractivity contribution in [2.24, 2.45) is 0 Å². The molecule has 3 heteroatoms. The van der Waals surface area contributed by atoms with Crippen molar-refractivity contribution in [1.82, 2.24) is 0 Å². The van der Waals surface area contributed by atoms with Crippen molar-refractivity contribution in [2.45, 2.75) is 111 Å². The van der Waals surface area contributed by atoms with E-state index in [-0.39, 0.29) is 5.48 Å². The fourth-order valence-corrected chi connectivity index (χ4v) is 3.82. The molecule has 0 saturated heterocycles. The van der Waals surface area contributed by atoms with Gasteiger partial charge >= 0.3 is 0 Å². The first-order valence-electron chi connectivity index (χ1n) is 11.2. The van der Waals surface area contributed by atoms with E-state index < -0.39 is 0 Å². The third-order valence-electron chi connectivity index (χ3n) is 5.90. The highest BCUT2D eigenvalue weighted by molar-refractivity contribution is 4.50. The van der Waals surface area contributed by atoms with Crippen LogP contribution >= 0.6 is 0 Å². The molecule has 0 aromatic carbocycles. The van der Waals surface area contributed by atoms with Gasteiger partial charge in [-0.3, -0.25) is 0 Å². The van der Waals surface area contributed by atoms with E-state index >= 15 is 0 Å². The van der Waals surface area contributed by atoms with Crippen LogP contribution in [0.1, 0.15) is 111 Å². The maximum absolute atomic E-state index is 9.26. The van der Waals surface area contributed by atoms with Gasteiger partial charge in [-0.25, -0.2) is 0 Å². The molecule has 0 radical (unpaired) electrons. The van der Waals surface area contributed by atoms with Crippen LogP contribution < -0.4 is 0 Å². The Morgan fingerprint density at radius 2 is 0.880 bits per heavy atom. The number of hydrogen-bond donors (Lipinski definition) is 1. The summed E-state index contributed by atoms with van der Waals surface area (Å²) in [6.45, 7) is 11.7. The molecular weight excluding hydrogens is 310 g/mol. The molecule has 0 aliphatic rings. The smallest absolute Gasteiger partial charge is 0.102 e. The molecule has 154 valence electrons. The Morgan fingerprint density at radius 3 is 1.20 bits per heavy atom. The highest BCUT2D eigenvalue weighted by atomic mass is 16.3. The quantitative estimate of drug-likeness (QED) is 0.222. The van der Waals surface area contributed by atoms with Crippen molar-refractivity contribution in [3.63, 3.8) is 0 Å². The molecule has 0 fully saturated rings. The number of aliphatic hydroxyl groups is 1. The fourth-order valence-electron chi connectivity index (χ4n) is 3.82. The molecule has 0 saturated carbocycles. The SMILES string of the molecule is CCCCCCCCCCCCCCCC[N+](CC)(CC)CCO.[OH-]. The molecule has 0 amide bonds. The van der Waals surface area contributed by atoms with Gasteiger partial charge in [0.25, 0.3) is 0 Å². The summed E-state index contributed by atoms with van der Waals surface area (Å²) in [7, 11) is 0. The number of aliphatic hydroxyl groups excluding tert-OH is 1. The molecule has 2 N–H and O–H groups in total. The maximum atomic E-state index is 9.26. The van der Waals surface area contributed by atoms with Crippen LogP contribution in [0.2, 0.25) is 0 Å². The summed E-state index contributed by atoms with van der Waals surface area (Å²) in [5, 5.41) is 9.26. The largest absolute Gasteiger partial charge is 0.870 e. The van der Waals surface area contributed by atoms with Gasteiger partial charge in [-0.1, -0.05) is 84.0 Å². The first-order valence-corrected chi connectivity index (χ1v) is 11.2. The Hall–Kier alpha value is -0.120. The third kappa shape index (κ3) is 15.8. The maximum Gasteiger partial charge on any atom is 0.102 e. The molecule has 25 heavy (non-hydrogen) atoms. The number of unbranched alkanes of at least 4 members (excludes halogenated alkanes) is 13. The van der Waals surface area contributed by atoms with E-state index in [2.05, 4.69) is 20.8 Å². The molecule has 0 spiro atoms. The highest BCUT2D eigenvalue weighted by Gasteiger charge is 2.21. The average Bonchev–Trinajstić information content (AvgIpc) is 2.61. The second-order valence-electron chi connectivity index (χ2n) is 7.74. The molecule has 0 aliphatic carbocycles. The molecular formula is C22H49NO2. The van der Waals surface area contributed by atoms with E-state index in [0.717, 1.165) is 24.1 Å². The monoisotopic (exact) mass is 359 g/mol. The Kier molecular flexibility index (Phi) is 21.9. The van der Waals surface area contributed by atoms with Gasteiger partial charge in [0.1, 0.15) is 6.54 Å². The lowest BCUT2D eigenvalue weighted by Gasteiger charge is -2.36. The minimum absolute atomic E-state index is 0. The van der Waals surface area contributed by atoms with Crippen molar-refractivity contribution in [3.8, 4) is 0 Å². The third-order valence-corrected chi connectivity index (χ3v) is 5.90.